The van der Waals surface area contributed by atoms with Crippen molar-refractivity contribution in [1.29, 1.82) is 0 Å². The average molecular weight is 464 g/mol. The SMILES string of the molecule is CCCC(C)C1(CC)C(=O)NC(=O)NC1=O.CNC1(c2ccccc2Cl)CCCCC1=O. The van der Waals surface area contributed by atoms with Crippen LogP contribution in [-0.4, -0.2) is 30.7 Å². The summed E-state index contributed by atoms with van der Waals surface area (Å²) in [6.45, 7) is 5.67. The van der Waals surface area contributed by atoms with Crippen molar-refractivity contribution >= 4 is 35.2 Å². The van der Waals surface area contributed by atoms with Crippen molar-refractivity contribution in [2.75, 3.05) is 7.05 Å². The maximum Gasteiger partial charge on any atom is 0.328 e. The van der Waals surface area contributed by atoms with E-state index in [1.807, 2.05) is 45.2 Å². The maximum absolute atomic E-state index is 12.2. The summed E-state index contributed by atoms with van der Waals surface area (Å²) in [4.78, 5) is 47.0. The number of hydrogen-bond acceptors (Lipinski definition) is 5. The number of halogens is 1. The normalized spacial score (nSPS) is 23.5. The van der Waals surface area contributed by atoms with Crippen molar-refractivity contribution in [3.63, 3.8) is 0 Å². The number of likely N-dealkylation sites (N-methyl/N-ethyl adjacent to an activating group) is 1. The highest BCUT2D eigenvalue weighted by atomic mass is 35.5. The minimum absolute atomic E-state index is 0.0735. The van der Waals surface area contributed by atoms with E-state index in [1.54, 1.807) is 6.92 Å². The fourth-order valence-electron chi connectivity index (χ4n) is 4.88. The second kappa shape index (κ2) is 11.1. The zero-order chi connectivity index (χ0) is 23.9. The average Bonchev–Trinajstić information content (AvgIpc) is 2.75. The first-order valence-electron chi connectivity index (χ1n) is 11.3. The first-order valence-corrected chi connectivity index (χ1v) is 11.7. The number of carbonyl (C=O) groups excluding carboxylic acids is 4. The van der Waals surface area contributed by atoms with Gasteiger partial charge in [-0.2, -0.15) is 0 Å². The fraction of sp³-hybridized carbons (Fsp3) is 0.583. The molecule has 4 amide bonds. The van der Waals surface area contributed by atoms with Gasteiger partial charge in [-0.3, -0.25) is 25.0 Å². The first-order chi connectivity index (χ1) is 15.2. The van der Waals surface area contributed by atoms with Gasteiger partial charge >= 0.3 is 6.03 Å². The van der Waals surface area contributed by atoms with Crippen molar-refractivity contribution in [3.05, 3.63) is 34.9 Å². The Kier molecular flexibility index (Phi) is 8.98. The molecule has 3 N–H and O–H groups in total. The number of amides is 4. The molecule has 1 aromatic carbocycles. The van der Waals surface area contributed by atoms with Crippen LogP contribution in [-0.2, 0) is 19.9 Å². The van der Waals surface area contributed by atoms with Crippen LogP contribution < -0.4 is 16.0 Å². The Morgan fingerprint density at radius 3 is 2.19 bits per heavy atom. The quantitative estimate of drug-likeness (QED) is 0.551. The van der Waals surface area contributed by atoms with Gasteiger partial charge in [-0.05, 0) is 50.3 Å². The molecule has 8 heteroatoms. The van der Waals surface area contributed by atoms with E-state index in [2.05, 4.69) is 16.0 Å². The molecule has 2 atom stereocenters. The molecule has 2 unspecified atom stereocenters. The van der Waals surface area contributed by atoms with E-state index in [9.17, 15) is 19.2 Å². The number of benzene rings is 1. The molecule has 7 nitrogen and oxygen atoms in total. The van der Waals surface area contributed by atoms with Gasteiger partial charge in [-0.25, -0.2) is 4.79 Å². The number of nitrogens with one attached hydrogen (secondary N) is 3. The Bertz CT molecular complexity index is 853. The molecule has 1 aliphatic carbocycles. The number of urea groups is 1. The van der Waals surface area contributed by atoms with Crippen molar-refractivity contribution < 1.29 is 19.2 Å². The topological polar surface area (TPSA) is 104 Å². The van der Waals surface area contributed by atoms with Gasteiger partial charge in [0.2, 0.25) is 11.8 Å². The van der Waals surface area contributed by atoms with Gasteiger partial charge in [0.05, 0.1) is 0 Å². The third kappa shape index (κ3) is 4.89. The molecule has 176 valence electrons. The second-order valence-corrected chi connectivity index (χ2v) is 8.92. The van der Waals surface area contributed by atoms with E-state index in [4.69, 9.17) is 11.6 Å². The van der Waals surface area contributed by atoms with Gasteiger partial charge in [0.1, 0.15) is 11.0 Å². The monoisotopic (exact) mass is 463 g/mol. The van der Waals surface area contributed by atoms with Crippen LogP contribution in [0.4, 0.5) is 4.79 Å². The minimum Gasteiger partial charge on any atom is -0.304 e. The van der Waals surface area contributed by atoms with E-state index in [0.717, 1.165) is 37.7 Å². The van der Waals surface area contributed by atoms with Gasteiger partial charge in [0.15, 0.2) is 5.78 Å². The lowest BCUT2D eigenvalue weighted by Gasteiger charge is -2.37. The molecule has 1 saturated heterocycles. The molecule has 2 aliphatic rings. The van der Waals surface area contributed by atoms with E-state index < -0.39 is 28.8 Å². The molecule has 2 fully saturated rings. The smallest absolute Gasteiger partial charge is 0.304 e. The molecular weight excluding hydrogens is 430 g/mol. The van der Waals surface area contributed by atoms with Gasteiger partial charge in [-0.1, -0.05) is 63.4 Å². The van der Waals surface area contributed by atoms with E-state index in [-0.39, 0.29) is 11.7 Å². The lowest BCUT2D eigenvalue weighted by molar-refractivity contribution is -0.148. The van der Waals surface area contributed by atoms with Crippen molar-refractivity contribution in [3.8, 4) is 0 Å². The Balaban J connectivity index is 0.000000227. The predicted molar refractivity (Wildman–Crippen MR) is 124 cm³/mol. The number of ketones is 1. The summed E-state index contributed by atoms with van der Waals surface area (Å²) in [7, 11) is 1.84. The van der Waals surface area contributed by atoms with Crippen LogP contribution in [0.5, 0.6) is 0 Å². The minimum atomic E-state index is -1.09. The number of imide groups is 2. The van der Waals surface area contributed by atoms with Crippen LogP contribution >= 0.6 is 11.6 Å². The maximum atomic E-state index is 12.2. The first kappa shape index (κ1) is 26.0. The lowest BCUT2D eigenvalue weighted by atomic mass is 9.70. The van der Waals surface area contributed by atoms with Crippen LogP contribution in [0.1, 0.15) is 71.3 Å². The molecule has 0 bridgehead atoms. The summed E-state index contributed by atoms with van der Waals surface area (Å²) in [5, 5.41) is 8.23. The Morgan fingerprint density at radius 1 is 1.06 bits per heavy atom. The summed E-state index contributed by atoms with van der Waals surface area (Å²) < 4.78 is 0. The molecule has 0 radical (unpaired) electrons. The summed E-state index contributed by atoms with van der Waals surface area (Å²) >= 11 is 6.20. The largest absolute Gasteiger partial charge is 0.328 e. The van der Waals surface area contributed by atoms with Gasteiger partial charge in [0, 0.05) is 11.4 Å². The number of Topliss-reactive ketones (excluding diaryl/α,β-unsaturated/α-hetero) is 1. The van der Waals surface area contributed by atoms with Crippen molar-refractivity contribution in [1.82, 2.24) is 16.0 Å². The van der Waals surface area contributed by atoms with Gasteiger partial charge < -0.3 is 5.32 Å². The van der Waals surface area contributed by atoms with Crippen molar-refractivity contribution in [2.24, 2.45) is 11.3 Å². The highest BCUT2D eigenvalue weighted by molar-refractivity contribution is 6.31. The summed E-state index contributed by atoms with van der Waals surface area (Å²) in [5.74, 6) is -0.751. The van der Waals surface area contributed by atoms with Crippen LogP contribution in [0.15, 0.2) is 24.3 Å². The van der Waals surface area contributed by atoms with E-state index >= 15 is 0 Å². The lowest BCUT2D eigenvalue weighted by Crippen LogP contribution is -2.64. The summed E-state index contributed by atoms with van der Waals surface area (Å²) in [6.07, 6.45) is 5.63. The molecule has 1 saturated carbocycles. The molecule has 0 aromatic heterocycles. The Labute approximate surface area is 195 Å². The van der Waals surface area contributed by atoms with Crippen LogP contribution in [0, 0.1) is 11.3 Å². The Morgan fingerprint density at radius 2 is 1.69 bits per heavy atom. The zero-order valence-electron chi connectivity index (χ0n) is 19.3. The standard InChI is InChI=1S/C13H16ClNO.C11H18N2O3/c1-15-13(9-5-4-8-12(13)16)10-6-2-3-7-11(10)14;1-4-6-7(3)11(5-2)8(14)12-10(16)13-9(11)15/h2-3,6-7,15H,4-5,8-9H2,1H3;7H,4-6H2,1-3H3,(H2,12,13,14,15,16). The molecule has 1 heterocycles. The van der Waals surface area contributed by atoms with Crippen LogP contribution in [0.2, 0.25) is 5.02 Å². The number of hydrogen-bond donors (Lipinski definition) is 3. The van der Waals surface area contributed by atoms with Crippen LogP contribution in [0.3, 0.4) is 0 Å². The molecule has 0 spiro atoms. The van der Waals surface area contributed by atoms with Crippen molar-refractivity contribution in [2.45, 2.75) is 71.3 Å². The van der Waals surface area contributed by atoms with Gasteiger partial charge in [0.25, 0.3) is 0 Å². The number of rotatable bonds is 6. The van der Waals surface area contributed by atoms with Crippen LogP contribution in [0.25, 0.3) is 0 Å². The van der Waals surface area contributed by atoms with Gasteiger partial charge in [-0.15, -0.1) is 0 Å². The molecule has 1 aromatic rings. The number of carbonyl (C=O) groups is 4. The molecule has 32 heavy (non-hydrogen) atoms. The number of barbiturate groups is 1. The van der Waals surface area contributed by atoms with E-state index in [0.29, 0.717) is 17.9 Å². The fourth-order valence-corrected chi connectivity index (χ4v) is 5.18. The van der Waals surface area contributed by atoms with E-state index in [1.165, 1.54) is 0 Å². The second-order valence-electron chi connectivity index (χ2n) is 8.52. The molecular formula is C24H34ClN3O4. The predicted octanol–water partition coefficient (Wildman–Crippen LogP) is 4.08. The molecule has 3 rings (SSSR count). The third-order valence-corrected chi connectivity index (χ3v) is 7.16. The third-order valence-electron chi connectivity index (χ3n) is 6.83. The Hall–Kier alpha value is -2.25. The summed E-state index contributed by atoms with van der Waals surface area (Å²) in [6, 6.07) is 6.90. The zero-order valence-corrected chi connectivity index (χ0v) is 20.1. The molecule has 1 aliphatic heterocycles. The highest BCUT2D eigenvalue weighted by Crippen LogP contribution is 2.38. The summed E-state index contributed by atoms with van der Waals surface area (Å²) in [5.41, 5.74) is -0.732. The highest BCUT2D eigenvalue weighted by Gasteiger charge is 2.52.